The fraction of sp³-hybridized carbons (Fsp3) is 0.200. The lowest BCUT2D eigenvalue weighted by molar-refractivity contribution is -0.385. The zero-order chi connectivity index (χ0) is 14.7. The summed E-state index contributed by atoms with van der Waals surface area (Å²) in [6, 6.07) is 1.13. The van der Waals surface area contributed by atoms with Crippen LogP contribution in [0.15, 0.2) is 16.8 Å². The maximum atomic E-state index is 11.9. The Kier molecular flexibility index (Phi) is 3.55. The van der Waals surface area contributed by atoms with Gasteiger partial charge in [0.2, 0.25) is 5.89 Å². The fourth-order valence-corrected chi connectivity index (χ4v) is 1.45. The highest BCUT2D eigenvalue weighted by Crippen LogP contribution is 2.18. The Hall–Kier alpha value is -3.04. The minimum Gasteiger partial charge on any atom is -0.384 e. The third-order valence-electron chi connectivity index (χ3n) is 2.32. The zero-order valence-electron chi connectivity index (χ0n) is 10.4. The van der Waals surface area contributed by atoms with Crippen molar-refractivity contribution in [3.63, 3.8) is 0 Å². The van der Waals surface area contributed by atoms with Crippen LogP contribution >= 0.6 is 0 Å². The Labute approximate surface area is 112 Å². The minimum atomic E-state index is -0.710. The molecule has 0 atom stereocenters. The summed E-state index contributed by atoms with van der Waals surface area (Å²) in [7, 11) is 0. The zero-order valence-corrected chi connectivity index (χ0v) is 10.4. The third kappa shape index (κ3) is 2.85. The first-order valence-electron chi connectivity index (χ1n) is 5.44. The van der Waals surface area contributed by atoms with Crippen LogP contribution in [-0.2, 0) is 6.54 Å². The SMILES string of the molecule is Cc1noc(CNC(=O)c2cc(N)ncc2[N+](=O)[O-])n1. The van der Waals surface area contributed by atoms with Gasteiger partial charge in [-0.15, -0.1) is 0 Å². The van der Waals surface area contributed by atoms with Crippen molar-refractivity contribution in [3.05, 3.63) is 39.7 Å². The van der Waals surface area contributed by atoms with E-state index >= 15 is 0 Å². The van der Waals surface area contributed by atoms with Crippen molar-refractivity contribution in [1.82, 2.24) is 20.4 Å². The Morgan fingerprint density at radius 2 is 2.35 bits per heavy atom. The molecule has 0 radical (unpaired) electrons. The van der Waals surface area contributed by atoms with Crippen molar-refractivity contribution < 1.29 is 14.2 Å². The van der Waals surface area contributed by atoms with Crippen LogP contribution in [-0.4, -0.2) is 26.0 Å². The molecule has 20 heavy (non-hydrogen) atoms. The lowest BCUT2D eigenvalue weighted by Gasteiger charge is -2.04. The van der Waals surface area contributed by atoms with E-state index in [2.05, 4.69) is 20.4 Å². The smallest absolute Gasteiger partial charge is 0.300 e. The van der Waals surface area contributed by atoms with Gasteiger partial charge in [0, 0.05) is 0 Å². The molecule has 0 fully saturated rings. The first-order valence-corrected chi connectivity index (χ1v) is 5.44. The lowest BCUT2D eigenvalue weighted by Crippen LogP contribution is -2.24. The quantitative estimate of drug-likeness (QED) is 0.594. The molecule has 2 aromatic heterocycles. The molecule has 0 bridgehead atoms. The molecular weight excluding hydrogens is 268 g/mol. The summed E-state index contributed by atoms with van der Waals surface area (Å²) < 4.78 is 4.81. The molecule has 2 heterocycles. The largest absolute Gasteiger partial charge is 0.384 e. The summed E-state index contributed by atoms with van der Waals surface area (Å²) in [6.45, 7) is 1.59. The predicted octanol–water partition coefficient (Wildman–Crippen LogP) is 0.193. The molecule has 0 unspecified atom stereocenters. The topological polar surface area (TPSA) is 150 Å². The average Bonchev–Trinajstić information content (AvgIpc) is 2.81. The van der Waals surface area contributed by atoms with Gasteiger partial charge >= 0.3 is 0 Å². The van der Waals surface area contributed by atoms with Gasteiger partial charge in [0.25, 0.3) is 11.6 Å². The molecule has 10 nitrogen and oxygen atoms in total. The lowest BCUT2D eigenvalue weighted by atomic mass is 10.2. The number of aromatic nitrogens is 3. The van der Waals surface area contributed by atoms with Crippen LogP contribution in [0.4, 0.5) is 11.5 Å². The van der Waals surface area contributed by atoms with Gasteiger partial charge in [-0.25, -0.2) is 4.98 Å². The van der Waals surface area contributed by atoms with Gasteiger partial charge in [-0.2, -0.15) is 4.98 Å². The van der Waals surface area contributed by atoms with Crippen LogP contribution in [0.3, 0.4) is 0 Å². The molecule has 2 rings (SSSR count). The van der Waals surface area contributed by atoms with E-state index < -0.39 is 16.5 Å². The normalized spacial score (nSPS) is 10.2. The van der Waals surface area contributed by atoms with Crippen LogP contribution in [0.25, 0.3) is 0 Å². The predicted molar refractivity (Wildman–Crippen MR) is 65.5 cm³/mol. The van der Waals surface area contributed by atoms with E-state index in [0.29, 0.717) is 5.82 Å². The van der Waals surface area contributed by atoms with E-state index in [1.807, 2.05) is 0 Å². The van der Waals surface area contributed by atoms with Gasteiger partial charge < -0.3 is 15.6 Å². The second-order valence-corrected chi connectivity index (χ2v) is 3.80. The van der Waals surface area contributed by atoms with Crippen molar-refractivity contribution in [1.29, 1.82) is 0 Å². The Bertz CT molecular complexity index is 668. The number of pyridine rings is 1. The number of aryl methyl sites for hydroxylation is 1. The number of hydrogen-bond donors (Lipinski definition) is 2. The van der Waals surface area contributed by atoms with Crippen LogP contribution in [0.2, 0.25) is 0 Å². The summed E-state index contributed by atoms with van der Waals surface area (Å²) in [5.74, 6) is -0.0510. The number of nitrogens with zero attached hydrogens (tertiary/aromatic N) is 4. The van der Waals surface area contributed by atoms with E-state index in [1.165, 1.54) is 0 Å². The number of carbonyl (C=O) groups excluding carboxylic acids is 1. The van der Waals surface area contributed by atoms with Gasteiger partial charge in [0.05, 0.1) is 11.5 Å². The molecule has 0 spiro atoms. The number of nitro groups is 1. The standard InChI is InChI=1S/C10H10N6O4/c1-5-14-9(20-15-5)4-13-10(17)6-2-8(11)12-3-7(6)16(18)19/h2-3H,4H2,1H3,(H2,11,12)(H,13,17). The van der Waals surface area contributed by atoms with Crippen LogP contribution < -0.4 is 11.1 Å². The first-order chi connectivity index (χ1) is 9.47. The minimum absolute atomic E-state index is 0.00869. The van der Waals surface area contributed by atoms with E-state index in [0.717, 1.165) is 12.3 Å². The monoisotopic (exact) mass is 278 g/mol. The number of nitrogens with two attached hydrogens (primary N) is 1. The molecule has 1 amide bonds. The molecule has 0 saturated heterocycles. The van der Waals surface area contributed by atoms with Crippen molar-refractivity contribution in [2.45, 2.75) is 13.5 Å². The molecule has 0 saturated carbocycles. The van der Waals surface area contributed by atoms with E-state index in [-0.39, 0.29) is 23.8 Å². The molecule has 0 aromatic carbocycles. The molecular formula is C10H10N6O4. The summed E-state index contributed by atoms with van der Waals surface area (Å²) in [6.07, 6.45) is 0.932. The number of carbonyl (C=O) groups is 1. The maximum absolute atomic E-state index is 11.9. The Morgan fingerprint density at radius 3 is 2.95 bits per heavy atom. The second kappa shape index (κ2) is 5.30. The highest BCUT2D eigenvalue weighted by Gasteiger charge is 2.21. The highest BCUT2D eigenvalue weighted by atomic mass is 16.6. The molecule has 0 aliphatic heterocycles. The van der Waals surface area contributed by atoms with Crippen LogP contribution in [0.5, 0.6) is 0 Å². The molecule has 0 aliphatic carbocycles. The summed E-state index contributed by atoms with van der Waals surface area (Å²) >= 11 is 0. The maximum Gasteiger partial charge on any atom is 0.300 e. The van der Waals surface area contributed by atoms with E-state index in [4.69, 9.17) is 10.3 Å². The van der Waals surface area contributed by atoms with Crippen molar-refractivity contribution in [2.75, 3.05) is 5.73 Å². The van der Waals surface area contributed by atoms with Gasteiger partial charge in [-0.1, -0.05) is 5.16 Å². The summed E-state index contributed by atoms with van der Waals surface area (Å²) in [5.41, 5.74) is 4.81. The second-order valence-electron chi connectivity index (χ2n) is 3.80. The molecule has 104 valence electrons. The van der Waals surface area contributed by atoms with E-state index in [1.54, 1.807) is 6.92 Å². The number of nitrogen functional groups attached to an aromatic ring is 1. The average molecular weight is 278 g/mol. The van der Waals surface area contributed by atoms with Crippen molar-refractivity contribution in [2.24, 2.45) is 0 Å². The summed E-state index contributed by atoms with van der Waals surface area (Å²) in [5, 5.41) is 16.8. The first kappa shape index (κ1) is 13.4. The summed E-state index contributed by atoms with van der Waals surface area (Å²) in [4.78, 5) is 29.5. The molecule has 2 aromatic rings. The number of amides is 1. The van der Waals surface area contributed by atoms with Crippen molar-refractivity contribution in [3.8, 4) is 0 Å². The fourth-order valence-electron chi connectivity index (χ4n) is 1.45. The molecule has 0 aliphatic rings. The Balaban J connectivity index is 2.16. The highest BCUT2D eigenvalue weighted by molar-refractivity contribution is 5.98. The third-order valence-corrected chi connectivity index (χ3v) is 2.32. The van der Waals surface area contributed by atoms with Gasteiger partial charge in [-0.05, 0) is 13.0 Å². The number of nitrogens with one attached hydrogen (secondary N) is 1. The van der Waals surface area contributed by atoms with Crippen molar-refractivity contribution >= 4 is 17.4 Å². The number of hydrogen-bond acceptors (Lipinski definition) is 8. The van der Waals surface area contributed by atoms with E-state index in [9.17, 15) is 14.9 Å². The number of anilines is 1. The molecule has 3 N–H and O–H groups in total. The molecule has 10 heteroatoms. The number of rotatable bonds is 4. The van der Waals surface area contributed by atoms with Gasteiger partial charge in [0.15, 0.2) is 5.82 Å². The van der Waals surface area contributed by atoms with Gasteiger partial charge in [0.1, 0.15) is 17.6 Å². The van der Waals surface area contributed by atoms with Gasteiger partial charge in [-0.3, -0.25) is 14.9 Å². The Morgan fingerprint density at radius 1 is 1.60 bits per heavy atom. The van der Waals surface area contributed by atoms with Crippen LogP contribution in [0.1, 0.15) is 22.1 Å². The van der Waals surface area contributed by atoms with Crippen LogP contribution in [0, 0.1) is 17.0 Å².